The molecule has 0 heterocycles. The summed E-state index contributed by atoms with van der Waals surface area (Å²) in [5, 5.41) is 0. The van der Waals surface area contributed by atoms with E-state index >= 15 is 13.2 Å². The van der Waals surface area contributed by atoms with Gasteiger partial charge in [-0.1, -0.05) is 60.7 Å². The van der Waals surface area contributed by atoms with Gasteiger partial charge in [-0.15, -0.1) is 0 Å². The second-order valence-corrected chi connectivity index (χ2v) is 12.0. The molecule has 5 rings (SSSR count). The van der Waals surface area contributed by atoms with Gasteiger partial charge in [-0.25, -0.2) is 13.2 Å². The van der Waals surface area contributed by atoms with Crippen LogP contribution in [0.25, 0.3) is 0 Å². The molecule has 0 saturated heterocycles. The van der Waals surface area contributed by atoms with Crippen LogP contribution in [0, 0.1) is 36.4 Å². The molecule has 1 fully saturated rings. The van der Waals surface area contributed by atoms with Crippen LogP contribution in [0.3, 0.4) is 0 Å². The molecular weight excluding hydrogens is 557 g/mol. The monoisotopic (exact) mass is 598 g/mol. The van der Waals surface area contributed by atoms with E-state index in [4.69, 9.17) is 9.47 Å². The lowest BCUT2D eigenvalue weighted by Gasteiger charge is -2.29. The van der Waals surface area contributed by atoms with Gasteiger partial charge in [0, 0.05) is 23.3 Å². The van der Waals surface area contributed by atoms with Gasteiger partial charge in [0.25, 0.3) is 0 Å². The van der Waals surface area contributed by atoms with Crippen molar-refractivity contribution in [3.63, 3.8) is 0 Å². The molecule has 0 N–H and O–H groups in total. The smallest absolute Gasteiger partial charge is 0.142 e. The van der Waals surface area contributed by atoms with E-state index in [1.54, 1.807) is 12.1 Å². The highest BCUT2D eigenvalue weighted by Gasteiger charge is 2.30. The third-order valence-corrected chi connectivity index (χ3v) is 8.94. The Labute approximate surface area is 260 Å². The number of benzene rings is 3. The van der Waals surface area contributed by atoms with Crippen LogP contribution in [0.1, 0.15) is 91.5 Å². The summed E-state index contributed by atoms with van der Waals surface area (Å²) in [5.41, 5.74) is 4.17. The van der Waals surface area contributed by atoms with Crippen molar-refractivity contribution in [2.45, 2.75) is 70.6 Å². The number of rotatable bonds is 8. The van der Waals surface area contributed by atoms with Crippen molar-refractivity contribution in [2.24, 2.45) is 11.8 Å². The van der Waals surface area contributed by atoms with Crippen molar-refractivity contribution in [2.75, 3.05) is 13.7 Å². The Morgan fingerprint density at radius 1 is 0.818 bits per heavy atom. The van der Waals surface area contributed by atoms with Gasteiger partial charge in [0.15, 0.2) is 0 Å². The molecular formula is C39H41F3O2. The van der Waals surface area contributed by atoms with Gasteiger partial charge in [0.2, 0.25) is 0 Å². The van der Waals surface area contributed by atoms with Crippen LogP contribution in [0.15, 0.2) is 84.5 Å². The minimum Gasteiger partial charge on any atom is -0.495 e. The Morgan fingerprint density at radius 2 is 1.55 bits per heavy atom. The maximum Gasteiger partial charge on any atom is 0.142 e. The average molecular weight is 599 g/mol. The predicted molar refractivity (Wildman–Crippen MR) is 171 cm³/mol. The molecule has 0 aromatic heterocycles. The summed E-state index contributed by atoms with van der Waals surface area (Å²) in [5.74, 6) is 4.69. The minimum atomic E-state index is -0.641. The van der Waals surface area contributed by atoms with E-state index in [1.165, 1.54) is 24.3 Å². The summed E-state index contributed by atoms with van der Waals surface area (Å²) < 4.78 is 57.1. The Balaban J connectivity index is 1.23. The molecule has 2 nitrogen and oxygen atoms in total. The molecule has 0 radical (unpaired) electrons. The van der Waals surface area contributed by atoms with Gasteiger partial charge in [-0.3, -0.25) is 0 Å². The van der Waals surface area contributed by atoms with Crippen LogP contribution >= 0.6 is 0 Å². The molecule has 2 atom stereocenters. The number of allylic oxidation sites excluding steroid dienone is 4. The summed E-state index contributed by atoms with van der Waals surface area (Å²) in [6, 6.07) is 19.2. The second kappa shape index (κ2) is 14.7. The number of methoxy groups -OCH3 is 1. The van der Waals surface area contributed by atoms with Gasteiger partial charge in [-0.05, 0) is 105 Å². The van der Waals surface area contributed by atoms with Gasteiger partial charge in [-0.2, -0.15) is 0 Å². The SMILES string of the molecule is CCCOc1ccc(C#Cc2c(F)cc(C3C=CC(/C(F)=C(\F)C4CCC(c5ccc(C)cc5)CC4)CC3)cc2OC)cc1. The molecule has 230 valence electrons. The number of hydrogen-bond donors (Lipinski definition) is 0. The molecule has 0 bridgehead atoms. The lowest BCUT2D eigenvalue weighted by atomic mass is 9.77. The fourth-order valence-corrected chi connectivity index (χ4v) is 6.29. The molecule has 0 spiro atoms. The quantitative estimate of drug-likeness (QED) is 0.190. The molecule has 0 amide bonds. The maximum atomic E-state index is 15.3. The lowest BCUT2D eigenvalue weighted by molar-refractivity contribution is 0.297. The van der Waals surface area contributed by atoms with Crippen LogP contribution in [0.2, 0.25) is 0 Å². The fourth-order valence-electron chi connectivity index (χ4n) is 6.29. The van der Waals surface area contributed by atoms with E-state index in [2.05, 4.69) is 43.0 Å². The summed E-state index contributed by atoms with van der Waals surface area (Å²) in [6.45, 7) is 4.77. The number of halogens is 3. The molecule has 44 heavy (non-hydrogen) atoms. The molecule has 2 unspecified atom stereocenters. The van der Waals surface area contributed by atoms with Crippen LogP contribution in [0.4, 0.5) is 13.2 Å². The van der Waals surface area contributed by atoms with Crippen LogP contribution in [-0.2, 0) is 0 Å². The Morgan fingerprint density at radius 3 is 2.18 bits per heavy atom. The fraction of sp³-hybridized carbons (Fsp3) is 0.385. The maximum absolute atomic E-state index is 15.3. The summed E-state index contributed by atoms with van der Waals surface area (Å²) in [4.78, 5) is 0. The standard InChI is InChI=1S/C39H41F3O2/c1-4-23-44-34-20-7-27(8-21-34)9-22-35-36(40)24-33(25-37(35)43-3)30-14-18-32(19-15-30)39(42)38(41)31-16-12-29(13-17-31)28-10-5-26(2)6-11-28/h5-8,10-11,14,18,20-21,24-25,29-32H,4,12-13,15-17,19,23H2,1-3H3/b39-38+. The number of hydrogen-bond acceptors (Lipinski definition) is 2. The molecule has 2 aliphatic rings. The highest BCUT2D eigenvalue weighted by molar-refractivity contribution is 5.53. The van der Waals surface area contributed by atoms with E-state index in [9.17, 15) is 0 Å². The third-order valence-electron chi connectivity index (χ3n) is 8.94. The Bertz CT molecular complexity index is 1540. The van der Waals surface area contributed by atoms with Crippen LogP contribution in [-0.4, -0.2) is 13.7 Å². The van der Waals surface area contributed by atoms with Crippen molar-refractivity contribution < 1.29 is 22.6 Å². The van der Waals surface area contributed by atoms with Crippen molar-refractivity contribution in [3.05, 3.63) is 118 Å². The second-order valence-electron chi connectivity index (χ2n) is 12.0. The largest absolute Gasteiger partial charge is 0.495 e. The summed E-state index contributed by atoms with van der Waals surface area (Å²) in [7, 11) is 1.49. The van der Waals surface area contributed by atoms with Crippen LogP contribution < -0.4 is 9.47 Å². The summed E-state index contributed by atoms with van der Waals surface area (Å²) >= 11 is 0. The van der Waals surface area contributed by atoms with Gasteiger partial charge >= 0.3 is 0 Å². The van der Waals surface area contributed by atoms with Gasteiger partial charge < -0.3 is 9.47 Å². The molecule has 5 heteroatoms. The Kier molecular flexibility index (Phi) is 10.5. The minimum absolute atomic E-state index is 0.117. The van der Waals surface area contributed by atoms with Crippen LogP contribution in [0.5, 0.6) is 11.5 Å². The molecule has 1 saturated carbocycles. The number of aryl methyl sites for hydroxylation is 1. The van der Waals surface area contributed by atoms with E-state index in [1.807, 2.05) is 37.3 Å². The normalized spacial score (nSPS) is 22.0. The molecule has 3 aromatic rings. The topological polar surface area (TPSA) is 18.5 Å². The van der Waals surface area contributed by atoms with Crippen molar-refractivity contribution >= 4 is 0 Å². The first-order valence-corrected chi connectivity index (χ1v) is 15.8. The van der Waals surface area contributed by atoms with E-state index in [0.29, 0.717) is 44.0 Å². The highest BCUT2D eigenvalue weighted by atomic mass is 19.2. The first-order valence-electron chi connectivity index (χ1n) is 15.8. The van der Waals surface area contributed by atoms with Crippen molar-refractivity contribution in [3.8, 4) is 23.3 Å². The van der Waals surface area contributed by atoms with E-state index < -0.39 is 23.4 Å². The van der Waals surface area contributed by atoms with Crippen molar-refractivity contribution in [1.82, 2.24) is 0 Å². The van der Waals surface area contributed by atoms with Gasteiger partial charge in [0.1, 0.15) is 34.5 Å². The zero-order valence-electron chi connectivity index (χ0n) is 25.8. The lowest BCUT2D eigenvalue weighted by Crippen LogP contribution is -2.16. The third kappa shape index (κ3) is 7.59. The first kappa shape index (κ1) is 31.5. The molecule has 3 aromatic carbocycles. The van der Waals surface area contributed by atoms with E-state index in [-0.39, 0.29) is 17.4 Å². The zero-order valence-corrected chi connectivity index (χ0v) is 25.8. The van der Waals surface area contributed by atoms with E-state index in [0.717, 1.165) is 36.1 Å². The zero-order chi connectivity index (χ0) is 31.1. The van der Waals surface area contributed by atoms with Crippen molar-refractivity contribution in [1.29, 1.82) is 0 Å². The molecule has 0 aliphatic heterocycles. The predicted octanol–water partition coefficient (Wildman–Crippen LogP) is 10.5. The molecule has 2 aliphatic carbocycles. The first-order chi connectivity index (χ1) is 21.4. The number of ether oxygens (including phenoxy) is 2. The Hall–Kier alpha value is -3.91. The average Bonchev–Trinajstić information content (AvgIpc) is 3.06. The summed E-state index contributed by atoms with van der Waals surface area (Å²) in [6.07, 6.45) is 8.63. The van der Waals surface area contributed by atoms with Gasteiger partial charge in [0.05, 0.1) is 13.7 Å². The highest BCUT2D eigenvalue weighted by Crippen LogP contribution is 2.43.